The lowest BCUT2D eigenvalue weighted by atomic mass is 9.84. The molecule has 0 radical (unpaired) electrons. The molecular formula is C14H21N3O. The summed E-state index contributed by atoms with van der Waals surface area (Å²) in [5.74, 6) is 0.878. The predicted octanol–water partition coefficient (Wildman–Crippen LogP) is 2.39. The van der Waals surface area contributed by atoms with E-state index >= 15 is 0 Å². The van der Waals surface area contributed by atoms with Crippen LogP contribution in [0.1, 0.15) is 37.0 Å². The van der Waals surface area contributed by atoms with Crippen LogP contribution in [0.3, 0.4) is 0 Å². The minimum Gasteiger partial charge on any atom is -0.373 e. The maximum atomic E-state index is 12.4. The van der Waals surface area contributed by atoms with Crippen LogP contribution in [0, 0.1) is 5.41 Å². The Labute approximate surface area is 108 Å². The highest BCUT2D eigenvalue weighted by Gasteiger charge is 2.29. The van der Waals surface area contributed by atoms with Gasteiger partial charge in [-0.1, -0.05) is 13.8 Å². The summed E-state index contributed by atoms with van der Waals surface area (Å²) in [5.41, 5.74) is 0.901. The molecule has 18 heavy (non-hydrogen) atoms. The monoisotopic (exact) mass is 247 g/mol. The van der Waals surface area contributed by atoms with Crippen LogP contribution in [0.25, 0.3) is 0 Å². The fraction of sp³-hybridized carbons (Fsp3) is 0.571. The normalized spacial score (nSPS) is 18.5. The molecule has 0 spiro atoms. The average Bonchev–Trinajstić information content (AvgIpc) is 2.37. The highest BCUT2D eigenvalue weighted by Crippen LogP contribution is 2.29. The van der Waals surface area contributed by atoms with Crippen LogP contribution < -0.4 is 5.32 Å². The largest absolute Gasteiger partial charge is 0.373 e. The second-order valence-corrected chi connectivity index (χ2v) is 5.68. The first-order valence-electron chi connectivity index (χ1n) is 6.45. The van der Waals surface area contributed by atoms with Gasteiger partial charge in [0.15, 0.2) is 0 Å². The number of rotatable bonds is 2. The number of carbonyl (C=O) groups is 1. The van der Waals surface area contributed by atoms with E-state index in [0.717, 1.165) is 25.3 Å². The quantitative estimate of drug-likeness (QED) is 0.872. The number of nitrogens with one attached hydrogen (secondary N) is 1. The lowest BCUT2D eigenvalue weighted by Crippen LogP contribution is -2.43. The van der Waals surface area contributed by atoms with E-state index in [4.69, 9.17) is 0 Å². The van der Waals surface area contributed by atoms with Crippen molar-refractivity contribution in [2.45, 2.75) is 26.7 Å². The Balaban J connectivity index is 2.10. The molecule has 0 aromatic carbocycles. The van der Waals surface area contributed by atoms with Crippen LogP contribution in [0.15, 0.2) is 18.3 Å². The van der Waals surface area contributed by atoms with E-state index in [9.17, 15) is 4.79 Å². The van der Waals surface area contributed by atoms with Crippen molar-refractivity contribution in [2.24, 2.45) is 5.41 Å². The maximum absolute atomic E-state index is 12.4. The van der Waals surface area contributed by atoms with Crippen molar-refractivity contribution in [3.63, 3.8) is 0 Å². The molecule has 0 saturated carbocycles. The first-order valence-corrected chi connectivity index (χ1v) is 6.45. The van der Waals surface area contributed by atoms with Crippen molar-refractivity contribution in [1.82, 2.24) is 9.88 Å². The van der Waals surface area contributed by atoms with Gasteiger partial charge >= 0.3 is 0 Å². The summed E-state index contributed by atoms with van der Waals surface area (Å²) in [6.45, 7) is 6.12. The molecule has 0 bridgehead atoms. The van der Waals surface area contributed by atoms with Crippen LogP contribution in [-0.2, 0) is 0 Å². The summed E-state index contributed by atoms with van der Waals surface area (Å²) >= 11 is 0. The molecule has 0 atom stereocenters. The van der Waals surface area contributed by atoms with E-state index in [1.54, 1.807) is 6.20 Å². The summed E-state index contributed by atoms with van der Waals surface area (Å²) in [6.07, 6.45) is 3.92. The summed E-state index contributed by atoms with van der Waals surface area (Å²) in [7, 11) is 1.82. The Morgan fingerprint density at radius 1 is 1.44 bits per heavy atom. The van der Waals surface area contributed by atoms with Crippen LogP contribution in [0.2, 0.25) is 0 Å². The Morgan fingerprint density at radius 3 is 2.78 bits per heavy atom. The van der Waals surface area contributed by atoms with E-state index in [-0.39, 0.29) is 11.3 Å². The van der Waals surface area contributed by atoms with Gasteiger partial charge in [-0.15, -0.1) is 0 Å². The number of likely N-dealkylation sites (tertiary alicyclic amines) is 1. The lowest BCUT2D eigenvalue weighted by molar-refractivity contribution is 0.0583. The van der Waals surface area contributed by atoms with Crippen molar-refractivity contribution >= 4 is 11.7 Å². The van der Waals surface area contributed by atoms with Crippen LogP contribution in [0.4, 0.5) is 5.82 Å². The second kappa shape index (κ2) is 4.96. The summed E-state index contributed by atoms with van der Waals surface area (Å²) in [6, 6.07) is 3.67. The van der Waals surface area contributed by atoms with E-state index < -0.39 is 0 Å². The minimum atomic E-state index is 0.0953. The SMILES string of the molecule is CNc1ccc(C(=O)N2CCCC(C)(C)C2)cn1. The Kier molecular flexibility index (Phi) is 3.55. The third-order valence-electron chi connectivity index (χ3n) is 3.45. The molecule has 2 rings (SSSR count). The van der Waals surface area contributed by atoms with Gasteiger partial charge in [-0.25, -0.2) is 4.98 Å². The van der Waals surface area contributed by atoms with Crippen molar-refractivity contribution in [3.05, 3.63) is 23.9 Å². The molecule has 1 aromatic rings. The number of anilines is 1. The van der Waals surface area contributed by atoms with Crippen molar-refractivity contribution in [2.75, 3.05) is 25.5 Å². The Hall–Kier alpha value is -1.58. The lowest BCUT2D eigenvalue weighted by Gasteiger charge is -2.38. The Bertz CT molecular complexity index is 425. The van der Waals surface area contributed by atoms with E-state index in [1.807, 2.05) is 24.1 Å². The van der Waals surface area contributed by atoms with Crippen molar-refractivity contribution in [1.29, 1.82) is 0 Å². The fourth-order valence-electron chi connectivity index (χ4n) is 2.45. The van der Waals surface area contributed by atoms with Crippen LogP contribution in [0.5, 0.6) is 0 Å². The summed E-state index contributed by atoms with van der Waals surface area (Å²) in [5, 5.41) is 2.95. The molecule has 1 amide bonds. The number of aromatic nitrogens is 1. The first kappa shape index (κ1) is 12.9. The predicted molar refractivity (Wildman–Crippen MR) is 72.7 cm³/mol. The number of nitrogens with zero attached hydrogens (tertiary/aromatic N) is 2. The molecule has 4 nitrogen and oxygen atoms in total. The number of amides is 1. The van der Waals surface area contributed by atoms with Gasteiger partial charge in [0.25, 0.3) is 5.91 Å². The summed E-state index contributed by atoms with van der Waals surface area (Å²) in [4.78, 5) is 18.5. The molecule has 1 N–H and O–H groups in total. The molecule has 0 unspecified atom stereocenters. The Morgan fingerprint density at radius 2 is 2.22 bits per heavy atom. The molecule has 2 heterocycles. The van der Waals surface area contributed by atoms with Crippen LogP contribution in [-0.4, -0.2) is 35.9 Å². The van der Waals surface area contributed by atoms with Gasteiger partial charge in [-0.2, -0.15) is 0 Å². The smallest absolute Gasteiger partial charge is 0.255 e. The van der Waals surface area contributed by atoms with E-state index in [1.165, 1.54) is 6.42 Å². The number of piperidine rings is 1. The van der Waals surface area contributed by atoms with Crippen LogP contribution >= 0.6 is 0 Å². The second-order valence-electron chi connectivity index (χ2n) is 5.68. The van der Waals surface area contributed by atoms with Gasteiger partial charge < -0.3 is 10.2 Å². The average molecular weight is 247 g/mol. The molecular weight excluding hydrogens is 226 g/mol. The molecule has 1 saturated heterocycles. The molecule has 1 aliphatic heterocycles. The number of hydrogen-bond donors (Lipinski definition) is 1. The molecule has 1 aromatic heterocycles. The van der Waals surface area contributed by atoms with Gasteiger partial charge in [-0.3, -0.25) is 4.79 Å². The van der Waals surface area contributed by atoms with Gasteiger partial charge in [0, 0.05) is 26.3 Å². The standard InChI is InChI=1S/C14H21N3O/c1-14(2)7-4-8-17(10-14)13(18)11-5-6-12(15-3)16-9-11/h5-6,9H,4,7-8,10H2,1-3H3,(H,15,16). The number of hydrogen-bond acceptors (Lipinski definition) is 3. The zero-order valence-corrected chi connectivity index (χ0v) is 11.4. The van der Waals surface area contributed by atoms with Crippen molar-refractivity contribution in [3.8, 4) is 0 Å². The maximum Gasteiger partial charge on any atom is 0.255 e. The van der Waals surface area contributed by atoms with E-state index in [0.29, 0.717) is 5.56 Å². The topological polar surface area (TPSA) is 45.2 Å². The highest BCUT2D eigenvalue weighted by molar-refractivity contribution is 5.94. The third-order valence-corrected chi connectivity index (χ3v) is 3.45. The van der Waals surface area contributed by atoms with Gasteiger partial charge in [0.1, 0.15) is 5.82 Å². The van der Waals surface area contributed by atoms with Crippen molar-refractivity contribution < 1.29 is 4.79 Å². The van der Waals surface area contributed by atoms with E-state index in [2.05, 4.69) is 24.1 Å². The molecule has 4 heteroatoms. The number of pyridine rings is 1. The van der Waals surface area contributed by atoms with Gasteiger partial charge in [0.2, 0.25) is 0 Å². The first-order chi connectivity index (χ1) is 8.52. The third kappa shape index (κ3) is 2.81. The van der Waals surface area contributed by atoms with Gasteiger partial charge in [-0.05, 0) is 30.4 Å². The summed E-state index contributed by atoms with van der Waals surface area (Å²) < 4.78 is 0. The zero-order valence-electron chi connectivity index (χ0n) is 11.4. The molecule has 98 valence electrons. The zero-order chi connectivity index (χ0) is 13.2. The molecule has 1 fully saturated rings. The molecule has 1 aliphatic rings. The molecule has 0 aliphatic carbocycles. The minimum absolute atomic E-state index is 0.0953. The highest BCUT2D eigenvalue weighted by atomic mass is 16.2. The fourth-order valence-corrected chi connectivity index (χ4v) is 2.45. The van der Waals surface area contributed by atoms with Gasteiger partial charge in [0.05, 0.1) is 5.56 Å². The number of carbonyl (C=O) groups excluding carboxylic acids is 1.